The van der Waals surface area contributed by atoms with Gasteiger partial charge in [0.2, 0.25) is 0 Å². The Morgan fingerprint density at radius 2 is 1.69 bits per heavy atom. The monoisotopic (exact) mass is 212 g/mol. The zero-order chi connectivity index (χ0) is 11.5. The highest BCUT2D eigenvalue weighted by Gasteiger charge is 2.10. The van der Waals surface area contributed by atoms with Crippen LogP contribution in [0, 0.1) is 6.92 Å². The maximum Gasteiger partial charge on any atom is 0.335 e. The van der Waals surface area contributed by atoms with E-state index in [0.29, 0.717) is 5.56 Å². The summed E-state index contributed by atoms with van der Waals surface area (Å²) in [4.78, 5) is 11.0. The van der Waals surface area contributed by atoms with E-state index in [0.717, 1.165) is 16.7 Å². The van der Waals surface area contributed by atoms with E-state index in [2.05, 4.69) is 0 Å². The number of aromatic carboxylic acids is 1. The molecule has 0 saturated heterocycles. The molecule has 2 aromatic rings. The van der Waals surface area contributed by atoms with Gasteiger partial charge in [0.25, 0.3) is 0 Å². The van der Waals surface area contributed by atoms with Gasteiger partial charge in [0, 0.05) is 0 Å². The van der Waals surface area contributed by atoms with Crippen LogP contribution >= 0.6 is 0 Å². The van der Waals surface area contributed by atoms with E-state index in [1.54, 1.807) is 12.1 Å². The van der Waals surface area contributed by atoms with Crippen LogP contribution in [0.5, 0.6) is 0 Å². The molecule has 0 atom stereocenters. The molecule has 0 radical (unpaired) electrons. The predicted molar refractivity (Wildman–Crippen MR) is 63.6 cm³/mol. The van der Waals surface area contributed by atoms with Crippen LogP contribution in [0.4, 0.5) is 0 Å². The second-order valence-corrected chi connectivity index (χ2v) is 3.65. The van der Waals surface area contributed by atoms with Gasteiger partial charge in [-0.3, -0.25) is 0 Å². The standard InChI is InChI=1S/C14H12O2/c1-10-12(11-6-3-2-4-7-11)8-5-9-13(10)14(15)16/h2-9H,1H3,(H,15,16). The Labute approximate surface area is 94.2 Å². The van der Waals surface area contributed by atoms with Gasteiger partial charge in [-0.15, -0.1) is 0 Å². The first-order chi connectivity index (χ1) is 7.70. The van der Waals surface area contributed by atoms with Crippen LogP contribution in [0.25, 0.3) is 11.1 Å². The summed E-state index contributed by atoms with van der Waals surface area (Å²) in [6, 6.07) is 15.1. The minimum absolute atomic E-state index is 0.362. The number of hydrogen-bond acceptors (Lipinski definition) is 1. The first-order valence-electron chi connectivity index (χ1n) is 5.08. The van der Waals surface area contributed by atoms with Gasteiger partial charge in [0.15, 0.2) is 0 Å². The summed E-state index contributed by atoms with van der Waals surface area (Å²) in [5, 5.41) is 9.04. The van der Waals surface area contributed by atoms with Crippen molar-refractivity contribution < 1.29 is 9.90 Å². The van der Waals surface area contributed by atoms with Gasteiger partial charge < -0.3 is 5.11 Å². The van der Waals surface area contributed by atoms with E-state index in [-0.39, 0.29) is 0 Å². The molecule has 1 N–H and O–H groups in total. The molecule has 0 aliphatic carbocycles. The molecule has 2 rings (SSSR count). The molecule has 0 aliphatic heterocycles. The van der Waals surface area contributed by atoms with Crippen molar-refractivity contribution in [2.45, 2.75) is 6.92 Å². The van der Waals surface area contributed by atoms with Crippen LogP contribution in [-0.2, 0) is 0 Å². The lowest BCUT2D eigenvalue weighted by atomic mass is 9.97. The lowest BCUT2D eigenvalue weighted by Gasteiger charge is -2.08. The fourth-order valence-electron chi connectivity index (χ4n) is 1.80. The van der Waals surface area contributed by atoms with Crippen molar-refractivity contribution in [1.29, 1.82) is 0 Å². The molecule has 2 aromatic carbocycles. The van der Waals surface area contributed by atoms with Crippen LogP contribution in [-0.4, -0.2) is 11.1 Å². The third-order valence-corrected chi connectivity index (χ3v) is 2.65. The highest BCUT2D eigenvalue weighted by molar-refractivity contribution is 5.92. The third-order valence-electron chi connectivity index (χ3n) is 2.65. The summed E-state index contributed by atoms with van der Waals surface area (Å²) in [6.07, 6.45) is 0. The molecule has 0 saturated carbocycles. The van der Waals surface area contributed by atoms with E-state index in [4.69, 9.17) is 5.11 Å². The van der Waals surface area contributed by atoms with Crippen LogP contribution in [0.2, 0.25) is 0 Å². The van der Waals surface area contributed by atoms with Crippen LogP contribution in [0.15, 0.2) is 48.5 Å². The Balaban J connectivity index is 2.59. The summed E-state index contributed by atoms with van der Waals surface area (Å²) in [6.45, 7) is 1.84. The van der Waals surface area contributed by atoms with E-state index >= 15 is 0 Å². The molecular formula is C14H12O2. The van der Waals surface area contributed by atoms with Crippen molar-refractivity contribution in [3.8, 4) is 11.1 Å². The summed E-state index contributed by atoms with van der Waals surface area (Å²) in [5.74, 6) is -0.879. The summed E-state index contributed by atoms with van der Waals surface area (Å²) >= 11 is 0. The normalized spacial score (nSPS) is 10.1. The molecular weight excluding hydrogens is 200 g/mol. The Morgan fingerprint density at radius 1 is 1.00 bits per heavy atom. The van der Waals surface area contributed by atoms with Gasteiger partial charge in [-0.05, 0) is 29.7 Å². The quantitative estimate of drug-likeness (QED) is 0.828. The zero-order valence-corrected chi connectivity index (χ0v) is 8.97. The lowest BCUT2D eigenvalue weighted by Crippen LogP contribution is -2.00. The fourth-order valence-corrected chi connectivity index (χ4v) is 1.80. The van der Waals surface area contributed by atoms with Gasteiger partial charge in [-0.1, -0.05) is 42.5 Å². The van der Waals surface area contributed by atoms with Crippen molar-refractivity contribution >= 4 is 5.97 Å². The van der Waals surface area contributed by atoms with Crippen molar-refractivity contribution in [3.63, 3.8) is 0 Å². The second kappa shape index (κ2) is 4.19. The van der Waals surface area contributed by atoms with Crippen molar-refractivity contribution in [2.75, 3.05) is 0 Å². The molecule has 0 fully saturated rings. The first kappa shape index (κ1) is 10.4. The largest absolute Gasteiger partial charge is 0.478 e. The molecule has 0 unspecified atom stereocenters. The number of carboxylic acids is 1. The molecule has 0 spiro atoms. The van der Waals surface area contributed by atoms with E-state index in [1.807, 2.05) is 43.3 Å². The van der Waals surface area contributed by atoms with Gasteiger partial charge in [0.05, 0.1) is 5.56 Å². The molecule has 0 heterocycles. The average Bonchev–Trinajstić information content (AvgIpc) is 2.30. The molecule has 0 amide bonds. The molecule has 2 nitrogen and oxygen atoms in total. The molecule has 0 aliphatic rings. The number of benzene rings is 2. The Morgan fingerprint density at radius 3 is 2.31 bits per heavy atom. The Hall–Kier alpha value is -2.09. The minimum Gasteiger partial charge on any atom is -0.478 e. The molecule has 0 bridgehead atoms. The summed E-state index contributed by atoms with van der Waals surface area (Å²) in [5.41, 5.74) is 3.19. The van der Waals surface area contributed by atoms with Gasteiger partial charge in [0.1, 0.15) is 0 Å². The van der Waals surface area contributed by atoms with Gasteiger partial charge in [-0.2, -0.15) is 0 Å². The Bertz CT molecular complexity index is 516. The maximum absolute atomic E-state index is 11.0. The smallest absolute Gasteiger partial charge is 0.335 e. The molecule has 16 heavy (non-hydrogen) atoms. The van der Waals surface area contributed by atoms with Crippen LogP contribution in [0.3, 0.4) is 0 Å². The van der Waals surface area contributed by atoms with Crippen molar-refractivity contribution in [2.24, 2.45) is 0 Å². The second-order valence-electron chi connectivity index (χ2n) is 3.65. The van der Waals surface area contributed by atoms with Gasteiger partial charge >= 0.3 is 5.97 Å². The lowest BCUT2D eigenvalue weighted by molar-refractivity contribution is 0.0696. The van der Waals surface area contributed by atoms with E-state index < -0.39 is 5.97 Å². The number of carbonyl (C=O) groups is 1. The molecule has 0 aromatic heterocycles. The number of hydrogen-bond donors (Lipinski definition) is 1. The van der Waals surface area contributed by atoms with Crippen molar-refractivity contribution in [1.82, 2.24) is 0 Å². The fraction of sp³-hybridized carbons (Fsp3) is 0.0714. The van der Waals surface area contributed by atoms with Gasteiger partial charge in [-0.25, -0.2) is 4.79 Å². The average molecular weight is 212 g/mol. The SMILES string of the molecule is Cc1c(C(=O)O)cccc1-c1ccccc1. The third kappa shape index (κ3) is 1.82. The summed E-state index contributed by atoms with van der Waals surface area (Å²) < 4.78 is 0. The highest BCUT2D eigenvalue weighted by Crippen LogP contribution is 2.25. The molecule has 80 valence electrons. The predicted octanol–water partition coefficient (Wildman–Crippen LogP) is 3.36. The van der Waals surface area contributed by atoms with Crippen LogP contribution < -0.4 is 0 Å². The van der Waals surface area contributed by atoms with Crippen molar-refractivity contribution in [3.05, 3.63) is 59.7 Å². The summed E-state index contributed by atoms with van der Waals surface area (Å²) in [7, 11) is 0. The zero-order valence-electron chi connectivity index (χ0n) is 8.97. The van der Waals surface area contributed by atoms with E-state index in [9.17, 15) is 4.79 Å². The van der Waals surface area contributed by atoms with E-state index in [1.165, 1.54) is 0 Å². The number of rotatable bonds is 2. The topological polar surface area (TPSA) is 37.3 Å². The van der Waals surface area contributed by atoms with Crippen LogP contribution in [0.1, 0.15) is 15.9 Å². The first-order valence-corrected chi connectivity index (χ1v) is 5.08. The maximum atomic E-state index is 11.0. The Kier molecular flexibility index (Phi) is 2.73. The number of carboxylic acid groups (broad SMARTS) is 1. The highest BCUT2D eigenvalue weighted by atomic mass is 16.4. The molecule has 2 heteroatoms. The minimum atomic E-state index is -0.879.